The van der Waals surface area contributed by atoms with Crippen molar-refractivity contribution in [2.45, 2.75) is 83.9 Å². The van der Waals surface area contributed by atoms with Crippen LogP contribution in [0.4, 0.5) is 0 Å². The van der Waals surface area contributed by atoms with Crippen LogP contribution in [-0.2, 0) is 9.53 Å². The SMILES string of the molecule is [2H][C@@H](C)CCCCCCCCCC([2H])([2H])C([2H])([2H])C(=O)OC([2H])([2H])[2H]. The third-order valence-electron chi connectivity index (χ3n) is 2.58. The number of hydrogen-bond acceptors (Lipinski definition) is 2. The molecule has 0 aromatic rings. The minimum absolute atomic E-state index is 0.0192. The number of unbranched alkanes of at least 4 members (excludes halogenated alkanes) is 6. The Morgan fingerprint density at radius 1 is 1.00 bits per heavy atom. The smallest absolute Gasteiger partial charge is 0.305 e. The Hall–Kier alpha value is -0.530. The molecule has 0 rings (SSSR count). The van der Waals surface area contributed by atoms with E-state index in [1.54, 1.807) is 0 Å². The molecule has 2 nitrogen and oxygen atoms in total. The summed E-state index contributed by atoms with van der Waals surface area (Å²) in [6.45, 7) is 1.88. The minimum Gasteiger partial charge on any atom is -0.469 e. The van der Waals surface area contributed by atoms with E-state index in [1.807, 2.05) is 6.92 Å². The first-order chi connectivity index (χ1) is 11.3. The zero-order chi connectivity index (χ0) is 19.7. The van der Waals surface area contributed by atoms with Gasteiger partial charge in [-0.15, -0.1) is 0 Å². The van der Waals surface area contributed by atoms with Crippen molar-refractivity contribution in [3.63, 3.8) is 0 Å². The molecule has 0 heterocycles. The molecule has 0 aromatic heterocycles. The van der Waals surface area contributed by atoms with Crippen molar-refractivity contribution in [2.24, 2.45) is 0 Å². The van der Waals surface area contributed by atoms with Crippen LogP contribution in [0.1, 0.15) is 94.8 Å². The van der Waals surface area contributed by atoms with Crippen LogP contribution < -0.4 is 0 Å². The van der Waals surface area contributed by atoms with Gasteiger partial charge < -0.3 is 4.74 Å². The molecule has 0 aromatic carbocycles. The summed E-state index contributed by atoms with van der Waals surface area (Å²) in [5.41, 5.74) is 0. The molecule has 0 spiro atoms. The highest BCUT2D eigenvalue weighted by Gasteiger charge is 1.98. The van der Waals surface area contributed by atoms with E-state index in [-0.39, 0.29) is 12.8 Å². The summed E-state index contributed by atoms with van der Waals surface area (Å²) >= 11 is 0. The first-order valence-corrected chi connectivity index (χ1v) is 6.45. The average molecular weight is 250 g/mol. The molecule has 0 aliphatic heterocycles. The van der Waals surface area contributed by atoms with E-state index in [2.05, 4.69) is 4.74 Å². The van der Waals surface area contributed by atoms with Crippen LogP contribution in [-0.4, -0.2) is 13.0 Å². The predicted octanol–water partition coefficient (Wildman–Crippen LogP) is 4.86. The van der Waals surface area contributed by atoms with Crippen molar-refractivity contribution >= 4 is 5.97 Å². The van der Waals surface area contributed by atoms with Gasteiger partial charge in [-0.25, -0.2) is 0 Å². The molecule has 0 fully saturated rings. The van der Waals surface area contributed by atoms with Crippen molar-refractivity contribution in [1.29, 1.82) is 0 Å². The first-order valence-electron chi connectivity index (χ1n) is 10.5. The van der Waals surface area contributed by atoms with E-state index >= 15 is 0 Å². The Morgan fingerprint density at radius 3 is 2.06 bits per heavy atom. The van der Waals surface area contributed by atoms with E-state index < -0.39 is 25.8 Å². The summed E-state index contributed by atoms with van der Waals surface area (Å²) < 4.78 is 62.6. The summed E-state index contributed by atoms with van der Waals surface area (Å²) in [5.74, 6) is -1.69. The van der Waals surface area contributed by atoms with Crippen LogP contribution >= 0.6 is 0 Å². The van der Waals surface area contributed by atoms with E-state index in [4.69, 9.17) is 11.0 Å². The van der Waals surface area contributed by atoms with Gasteiger partial charge in [0.25, 0.3) is 0 Å². The second kappa shape index (κ2) is 13.5. The highest BCUT2D eigenvalue weighted by Crippen LogP contribution is 2.11. The van der Waals surface area contributed by atoms with Crippen molar-refractivity contribution in [1.82, 2.24) is 0 Å². The molecular weight excluding hydrogens is 212 g/mol. The van der Waals surface area contributed by atoms with E-state index in [0.29, 0.717) is 6.42 Å². The maximum atomic E-state index is 11.6. The molecule has 0 aliphatic rings. The monoisotopic (exact) mass is 250 g/mol. The number of carbonyl (C=O) groups is 1. The Kier molecular flexibility index (Phi) is 5.70. The second-order valence-corrected chi connectivity index (χ2v) is 4.11. The third kappa shape index (κ3) is 13.4. The van der Waals surface area contributed by atoms with Crippen LogP contribution in [0.25, 0.3) is 0 Å². The zero-order valence-corrected chi connectivity index (χ0v) is 10.8. The summed E-state index contributed by atoms with van der Waals surface area (Å²) in [6.07, 6.45) is 1.43. The normalized spacial score (nSPS) is 21.7. The van der Waals surface area contributed by atoms with Crippen LogP contribution in [0.3, 0.4) is 0 Å². The minimum atomic E-state index is -3.09. The van der Waals surface area contributed by atoms with Gasteiger partial charge in [-0.3, -0.25) is 4.79 Å². The van der Waals surface area contributed by atoms with Gasteiger partial charge in [-0.1, -0.05) is 71.1 Å². The molecule has 0 saturated carbocycles. The van der Waals surface area contributed by atoms with Gasteiger partial charge in [-0.2, -0.15) is 0 Å². The van der Waals surface area contributed by atoms with E-state index in [0.717, 1.165) is 44.9 Å². The fraction of sp³-hybridized carbons (Fsp3) is 0.933. The van der Waals surface area contributed by atoms with Gasteiger partial charge >= 0.3 is 5.97 Å². The van der Waals surface area contributed by atoms with Crippen molar-refractivity contribution in [3.8, 4) is 0 Å². The van der Waals surface area contributed by atoms with Gasteiger partial charge in [0.2, 0.25) is 0 Å². The number of methoxy groups -OCH3 is 1. The Labute approximate surface area is 118 Å². The van der Waals surface area contributed by atoms with Gasteiger partial charge in [-0.05, 0) is 6.37 Å². The van der Waals surface area contributed by atoms with Crippen LogP contribution in [0.2, 0.25) is 0 Å². The van der Waals surface area contributed by atoms with Crippen molar-refractivity contribution in [2.75, 3.05) is 7.04 Å². The molecule has 0 bridgehead atoms. The van der Waals surface area contributed by atoms with E-state index in [9.17, 15) is 4.79 Å². The molecule has 2 heteroatoms. The number of carbonyl (C=O) groups excluding carboxylic acids is 1. The summed E-state index contributed by atoms with van der Waals surface area (Å²) in [4.78, 5) is 11.6. The highest BCUT2D eigenvalue weighted by molar-refractivity contribution is 5.68. The maximum Gasteiger partial charge on any atom is 0.305 e. The highest BCUT2D eigenvalue weighted by atomic mass is 16.5. The lowest BCUT2D eigenvalue weighted by Gasteiger charge is -2.02. The van der Waals surface area contributed by atoms with Gasteiger partial charge in [0.15, 0.2) is 0 Å². The van der Waals surface area contributed by atoms with Crippen molar-refractivity contribution < 1.29 is 20.5 Å². The number of hydrogen-bond donors (Lipinski definition) is 0. The molecule has 0 saturated heterocycles. The number of esters is 1. The lowest BCUT2D eigenvalue weighted by Crippen LogP contribution is -1.99. The molecule has 17 heavy (non-hydrogen) atoms. The van der Waals surface area contributed by atoms with Crippen LogP contribution in [0.15, 0.2) is 0 Å². The topological polar surface area (TPSA) is 26.3 Å². The van der Waals surface area contributed by atoms with Gasteiger partial charge in [0, 0.05) is 13.2 Å². The Bertz CT molecular complexity index is 393. The van der Waals surface area contributed by atoms with Gasteiger partial charge in [0.05, 0.1) is 11.2 Å². The lowest BCUT2D eigenvalue weighted by atomic mass is 10.1. The molecule has 102 valence electrons. The molecule has 0 radical (unpaired) electrons. The average Bonchev–Trinajstić information content (AvgIpc) is 2.43. The summed E-state index contributed by atoms with van der Waals surface area (Å²) in [6, 6.07) is 0. The van der Waals surface area contributed by atoms with Gasteiger partial charge in [0.1, 0.15) is 0 Å². The summed E-state index contributed by atoms with van der Waals surface area (Å²) in [5, 5.41) is 0. The molecule has 0 unspecified atom stereocenters. The Balaban J connectivity index is 4.08. The predicted molar refractivity (Wildman–Crippen MR) is 73.1 cm³/mol. The fourth-order valence-electron chi connectivity index (χ4n) is 1.61. The number of rotatable bonds is 12. The zero-order valence-electron chi connectivity index (χ0n) is 18.8. The molecule has 0 amide bonds. The molecule has 0 N–H and O–H groups in total. The number of ether oxygens (including phenoxy) is 1. The molecule has 1 atom stereocenters. The lowest BCUT2D eigenvalue weighted by molar-refractivity contribution is -0.140. The second-order valence-electron chi connectivity index (χ2n) is 4.11. The van der Waals surface area contributed by atoms with Crippen LogP contribution in [0.5, 0.6) is 0 Å². The van der Waals surface area contributed by atoms with Crippen molar-refractivity contribution in [3.05, 3.63) is 0 Å². The maximum absolute atomic E-state index is 11.6. The third-order valence-corrected chi connectivity index (χ3v) is 2.58. The van der Waals surface area contributed by atoms with E-state index in [1.165, 1.54) is 0 Å². The van der Waals surface area contributed by atoms with Crippen LogP contribution in [0, 0.1) is 0 Å². The summed E-state index contributed by atoms with van der Waals surface area (Å²) in [7, 11) is -3.09. The quantitative estimate of drug-likeness (QED) is 0.365. The Morgan fingerprint density at radius 2 is 1.53 bits per heavy atom. The standard InChI is InChI=1S/C15H30O2/c1-3-4-5-6-7-8-9-10-11-12-13-14-15(16)17-2/h3-14H2,1-2H3/i2D3,3D,13D2,14D2/t3-/m0/s1. The molecule has 0 aliphatic carbocycles. The largest absolute Gasteiger partial charge is 0.469 e. The first kappa shape index (κ1) is 7.16. The fourth-order valence-corrected chi connectivity index (χ4v) is 1.61. The molecular formula is C15H30O2.